The molecule has 0 aliphatic rings. The van der Waals surface area contributed by atoms with Crippen molar-refractivity contribution in [2.24, 2.45) is 5.10 Å². The molecule has 0 bridgehead atoms. The Morgan fingerprint density at radius 3 is 2.64 bits per heavy atom. The van der Waals surface area contributed by atoms with E-state index in [1.165, 1.54) is 20.4 Å². The Balaban J connectivity index is 2.07. The summed E-state index contributed by atoms with van der Waals surface area (Å²) in [4.78, 5) is 10.9. The molecule has 2 aromatic carbocycles. The molecule has 2 aromatic rings. The smallest absolute Gasteiger partial charge is 0.427 e. The van der Waals surface area contributed by atoms with Crippen LogP contribution in [0.5, 0.6) is 11.5 Å². The number of hydrogen-bond acceptors (Lipinski definition) is 5. The van der Waals surface area contributed by atoms with E-state index in [-0.39, 0.29) is 6.61 Å². The lowest BCUT2D eigenvalue weighted by molar-refractivity contribution is 0.171. The first-order valence-corrected chi connectivity index (χ1v) is 7.91. The summed E-state index contributed by atoms with van der Waals surface area (Å²) in [7, 11) is 2.79. The summed E-state index contributed by atoms with van der Waals surface area (Å²) in [5.74, 6) is 1.07. The summed E-state index contributed by atoms with van der Waals surface area (Å²) >= 11 is 12.0. The van der Waals surface area contributed by atoms with Gasteiger partial charge in [0.1, 0.15) is 6.61 Å². The molecule has 0 aliphatic carbocycles. The minimum Gasteiger partial charge on any atom is -0.493 e. The van der Waals surface area contributed by atoms with Crippen molar-refractivity contribution in [2.75, 3.05) is 14.2 Å². The second-order valence-electron chi connectivity index (χ2n) is 4.80. The SMILES string of the molecule is COC(=O)NN=Cc1ccc(OCc2ccc(Cl)cc2Cl)c(OC)c1. The van der Waals surface area contributed by atoms with Crippen LogP contribution in [0.25, 0.3) is 0 Å². The van der Waals surface area contributed by atoms with E-state index in [0.29, 0.717) is 27.1 Å². The third kappa shape index (κ3) is 5.55. The third-order valence-corrected chi connectivity index (χ3v) is 3.73. The molecule has 0 unspecified atom stereocenters. The molecule has 0 aliphatic heterocycles. The number of halogens is 2. The highest BCUT2D eigenvalue weighted by molar-refractivity contribution is 6.35. The van der Waals surface area contributed by atoms with Crippen molar-refractivity contribution in [1.29, 1.82) is 0 Å². The Hall–Kier alpha value is -2.44. The molecule has 0 spiro atoms. The molecule has 132 valence electrons. The van der Waals surface area contributed by atoms with Crippen LogP contribution in [0.2, 0.25) is 10.0 Å². The second kappa shape index (κ2) is 9.15. The zero-order chi connectivity index (χ0) is 18.2. The topological polar surface area (TPSA) is 69.2 Å². The normalized spacial score (nSPS) is 10.6. The number of benzene rings is 2. The fourth-order valence-corrected chi connectivity index (χ4v) is 2.35. The quantitative estimate of drug-likeness (QED) is 0.598. The number of amides is 1. The molecule has 1 amide bonds. The lowest BCUT2D eigenvalue weighted by Gasteiger charge is -2.12. The van der Waals surface area contributed by atoms with Gasteiger partial charge in [-0.05, 0) is 35.9 Å². The van der Waals surface area contributed by atoms with Crippen molar-refractivity contribution in [2.45, 2.75) is 6.61 Å². The maximum atomic E-state index is 10.9. The van der Waals surface area contributed by atoms with Crippen LogP contribution in [0, 0.1) is 0 Å². The fourth-order valence-electron chi connectivity index (χ4n) is 1.88. The second-order valence-corrected chi connectivity index (χ2v) is 5.64. The number of hydrazone groups is 1. The minimum atomic E-state index is -0.650. The number of hydrogen-bond donors (Lipinski definition) is 1. The van der Waals surface area contributed by atoms with Crippen LogP contribution in [-0.4, -0.2) is 26.5 Å². The van der Waals surface area contributed by atoms with E-state index >= 15 is 0 Å². The van der Waals surface area contributed by atoms with Crippen LogP contribution < -0.4 is 14.9 Å². The van der Waals surface area contributed by atoms with Crippen molar-refractivity contribution < 1.29 is 19.0 Å². The van der Waals surface area contributed by atoms with Gasteiger partial charge in [-0.3, -0.25) is 0 Å². The van der Waals surface area contributed by atoms with Crippen LogP contribution in [0.4, 0.5) is 4.79 Å². The van der Waals surface area contributed by atoms with E-state index < -0.39 is 6.09 Å². The highest BCUT2D eigenvalue weighted by Crippen LogP contribution is 2.29. The molecule has 8 heteroatoms. The first-order chi connectivity index (χ1) is 12.0. The van der Waals surface area contributed by atoms with Gasteiger partial charge in [-0.1, -0.05) is 29.3 Å². The first-order valence-electron chi connectivity index (χ1n) is 7.15. The maximum absolute atomic E-state index is 10.9. The van der Waals surface area contributed by atoms with Gasteiger partial charge in [0.2, 0.25) is 0 Å². The number of methoxy groups -OCH3 is 2. The Kier molecular flexibility index (Phi) is 6.91. The van der Waals surface area contributed by atoms with Crippen LogP contribution in [-0.2, 0) is 11.3 Å². The van der Waals surface area contributed by atoms with E-state index in [1.807, 2.05) is 0 Å². The molecule has 1 N–H and O–H groups in total. The number of rotatable bonds is 6. The van der Waals surface area contributed by atoms with Gasteiger partial charge in [-0.25, -0.2) is 10.2 Å². The monoisotopic (exact) mass is 382 g/mol. The molecule has 0 heterocycles. The maximum Gasteiger partial charge on any atom is 0.427 e. The summed E-state index contributed by atoms with van der Waals surface area (Å²) in [5, 5.41) is 4.85. The molecule has 0 fully saturated rings. The number of ether oxygens (including phenoxy) is 3. The van der Waals surface area contributed by atoms with Gasteiger partial charge >= 0.3 is 6.09 Å². The van der Waals surface area contributed by atoms with E-state index in [2.05, 4.69) is 15.3 Å². The molecule has 25 heavy (non-hydrogen) atoms. The van der Waals surface area contributed by atoms with Crippen molar-refractivity contribution in [3.8, 4) is 11.5 Å². The molecule has 0 saturated heterocycles. The number of nitrogens with one attached hydrogen (secondary N) is 1. The average Bonchev–Trinajstić information content (AvgIpc) is 2.61. The van der Waals surface area contributed by atoms with Gasteiger partial charge < -0.3 is 14.2 Å². The Morgan fingerprint density at radius 1 is 1.16 bits per heavy atom. The van der Waals surface area contributed by atoms with E-state index in [4.69, 9.17) is 32.7 Å². The van der Waals surface area contributed by atoms with Gasteiger partial charge in [0, 0.05) is 15.6 Å². The molecule has 0 saturated carbocycles. The van der Waals surface area contributed by atoms with Gasteiger partial charge in [0.15, 0.2) is 11.5 Å². The molecule has 0 aromatic heterocycles. The molecular formula is C17H16Cl2N2O4. The highest BCUT2D eigenvalue weighted by atomic mass is 35.5. The van der Waals surface area contributed by atoms with Crippen LogP contribution >= 0.6 is 23.2 Å². The van der Waals surface area contributed by atoms with Crippen molar-refractivity contribution in [1.82, 2.24) is 5.43 Å². The Morgan fingerprint density at radius 2 is 1.96 bits per heavy atom. The molecular weight excluding hydrogens is 367 g/mol. The Bertz CT molecular complexity index is 781. The van der Waals surface area contributed by atoms with Gasteiger partial charge in [-0.2, -0.15) is 5.10 Å². The third-order valence-electron chi connectivity index (χ3n) is 3.14. The number of nitrogens with zero attached hydrogens (tertiary/aromatic N) is 1. The van der Waals surface area contributed by atoms with Crippen molar-refractivity contribution in [3.63, 3.8) is 0 Å². The summed E-state index contributed by atoms with van der Waals surface area (Å²) < 4.78 is 15.5. The van der Waals surface area contributed by atoms with E-state index in [0.717, 1.165) is 5.56 Å². The summed E-state index contributed by atoms with van der Waals surface area (Å²) in [6, 6.07) is 10.4. The predicted molar refractivity (Wildman–Crippen MR) is 96.9 cm³/mol. The lowest BCUT2D eigenvalue weighted by atomic mass is 10.2. The highest BCUT2D eigenvalue weighted by Gasteiger charge is 2.08. The van der Waals surface area contributed by atoms with Crippen molar-refractivity contribution in [3.05, 3.63) is 57.6 Å². The van der Waals surface area contributed by atoms with Crippen LogP contribution in [0.1, 0.15) is 11.1 Å². The zero-order valence-electron chi connectivity index (χ0n) is 13.6. The number of carbonyl (C=O) groups is 1. The molecule has 0 radical (unpaired) electrons. The average molecular weight is 383 g/mol. The molecule has 6 nitrogen and oxygen atoms in total. The largest absolute Gasteiger partial charge is 0.493 e. The molecule has 2 rings (SSSR count). The summed E-state index contributed by atoms with van der Waals surface area (Å²) in [6.45, 7) is 0.268. The van der Waals surface area contributed by atoms with Gasteiger partial charge in [0.05, 0.1) is 20.4 Å². The fraction of sp³-hybridized carbons (Fsp3) is 0.176. The minimum absolute atomic E-state index is 0.268. The first kappa shape index (κ1) is 18.9. The van der Waals surface area contributed by atoms with Gasteiger partial charge in [-0.15, -0.1) is 0 Å². The summed E-state index contributed by atoms with van der Waals surface area (Å²) in [6.07, 6.45) is 0.808. The van der Waals surface area contributed by atoms with Crippen LogP contribution in [0.3, 0.4) is 0 Å². The number of carbonyl (C=O) groups excluding carboxylic acids is 1. The van der Waals surface area contributed by atoms with E-state index in [1.54, 1.807) is 36.4 Å². The predicted octanol–water partition coefficient (Wildman–Crippen LogP) is 4.27. The van der Waals surface area contributed by atoms with Crippen LogP contribution in [0.15, 0.2) is 41.5 Å². The zero-order valence-corrected chi connectivity index (χ0v) is 15.1. The van der Waals surface area contributed by atoms with Crippen molar-refractivity contribution >= 4 is 35.5 Å². The van der Waals surface area contributed by atoms with Gasteiger partial charge in [0.25, 0.3) is 0 Å². The standard InChI is InChI=1S/C17H16Cl2N2O4/c1-23-16-7-11(9-20-21-17(22)24-2)3-6-15(16)25-10-12-4-5-13(18)8-14(12)19/h3-9H,10H2,1-2H3,(H,21,22). The van der Waals surface area contributed by atoms with E-state index in [9.17, 15) is 4.79 Å². The Labute approximate surface area is 155 Å². The molecule has 0 atom stereocenters. The summed E-state index contributed by atoms with van der Waals surface area (Å²) in [5.41, 5.74) is 3.72. The lowest BCUT2D eigenvalue weighted by Crippen LogP contribution is -2.16.